The van der Waals surface area contributed by atoms with Gasteiger partial charge in [0.1, 0.15) is 12.2 Å². The highest BCUT2D eigenvalue weighted by atomic mass is 16.3. The number of carbonyl (C=O) groups excluding carboxylic acids is 1. The predicted octanol–water partition coefficient (Wildman–Crippen LogP) is 16.3. The lowest BCUT2D eigenvalue weighted by atomic mass is 10.00. The third-order valence-corrected chi connectivity index (χ3v) is 13.4. The molecule has 5 N–H and O–H groups in total. The number of carbonyl (C=O) groups is 1. The van der Waals surface area contributed by atoms with Crippen molar-refractivity contribution in [2.45, 2.75) is 327 Å². The van der Waals surface area contributed by atoms with Crippen molar-refractivity contribution in [2.24, 2.45) is 0 Å². The number of allylic oxidation sites excluding steroid dienone is 4. The molecule has 6 heteroatoms. The summed E-state index contributed by atoms with van der Waals surface area (Å²) in [6.07, 6.45) is 62.6. The van der Waals surface area contributed by atoms with Gasteiger partial charge in [0.15, 0.2) is 0 Å². The van der Waals surface area contributed by atoms with E-state index in [9.17, 15) is 25.2 Å². The van der Waals surface area contributed by atoms with Crippen LogP contribution in [0.3, 0.4) is 0 Å². The zero-order chi connectivity index (χ0) is 45.9. The van der Waals surface area contributed by atoms with Crippen molar-refractivity contribution >= 4 is 5.91 Å². The number of amides is 1. The van der Waals surface area contributed by atoms with Crippen LogP contribution in [0.4, 0.5) is 0 Å². The van der Waals surface area contributed by atoms with E-state index < -0.39 is 36.9 Å². The van der Waals surface area contributed by atoms with E-state index in [0.717, 1.165) is 38.5 Å². The fourth-order valence-corrected chi connectivity index (χ4v) is 8.95. The second-order valence-electron chi connectivity index (χ2n) is 19.6. The van der Waals surface area contributed by atoms with E-state index in [2.05, 4.69) is 43.5 Å². The van der Waals surface area contributed by atoms with Crippen LogP contribution in [0.25, 0.3) is 0 Å². The van der Waals surface area contributed by atoms with Gasteiger partial charge in [0, 0.05) is 0 Å². The van der Waals surface area contributed by atoms with Crippen LogP contribution >= 0.6 is 0 Å². The molecule has 0 spiro atoms. The van der Waals surface area contributed by atoms with Crippen LogP contribution in [0.5, 0.6) is 0 Å². The first-order valence-corrected chi connectivity index (χ1v) is 28.2. The number of unbranched alkanes of at least 4 members (excludes halogenated alkanes) is 39. The van der Waals surface area contributed by atoms with Gasteiger partial charge in [0.25, 0.3) is 0 Å². The fraction of sp³-hybridized carbons (Fsp3) is 0.912. The van der Waals surface area contributed by atoms with Crippen LogP contribution in [0.2, 0.25) is 0 Å². The Morgan fingerprint density at radius 3 is 1.00 bits per heavy atom. The number of aliphatic hydroxyl groups is 4. The van der Waals surface area contributed by atoms with Crippen LogP contribution in [0.1, 0.15) is 303 Å². The normalized spacial score (nSPS) is 13.9. The van der Waals surface area contributed by atoms with Gasteiger partial charge in [-0.05, 0) is 51.4 Å². The highest BCUT2D eigenvalue weighted by Gasteiger charge is 2.28. The van der Waals surface area contributed by atoms with Gasteiger partial charge >= 0.3 is 0 Å². The van der Waals surface area contributed by atoms with Crippen molar-refractivity contribution in [1.29, 1.82) is 0 Å². The summed E-state index contributed by atoms with van der Waals surface area (Å²) in [7, 11) is 0. The number of hydrogen-bond donors (Lipinski definition) is 5. The molecule has 374 valence electrons. The Balaban J connectivity index is 3.60. The Kier molecular flexibility index (Phi) is 50.8. The Bertz CT molecular complexity index is 955. The molecule has 0 aromatic carbocycles. The molecule has 0 rings (SSSR count). The van der Waals surface area contributed by atoms with Crippen LogP contribution < -0.4 is 5.32 Å². The maximum absolute atomic E-state index is 12.6. The molecule has 0 radical (unpaired) electrons. The van der Waals surface area contributed by atoms with Gasteiger partial charge in [-0.25, -0.2) is 0 Å². The van der Waals surface area contributed by atoms with Gasteiger partial charge < -0.3 is 25.7 Å². The van der Waals surface area contributed by atoms with E-state index in [1.165, 1.54) is 231 Å². The molecule has 1 amide bonds. The molecule has 4 atom stereocenters. The van der Waals surface area contributed by atoms with Gasteiger partial charge in [-0.3, -0.25) is 4.79 Å². The molecule has 0 aliphatic rings. The third kappa shape index (κ3) is 45.7. The lowest BCUT2D eigenvalue weighted by Crippen LogP contribution is -2.53. The molecule has 0 aliphatic heterocycles. The monoisotopic (exact) mass is 890 g/mol. The van der Waals surface area contributed by atoms with Crippen molar-refractivity contribution in [3.8, 4) is 0 Å². The van der Waals surface area contributed by atoms with Gasteiger partial charge in [0.2, 0.25) is 5.91 Å². The lowest BCUT2D eigenvalue weighted by molar-refractivity contribution is -0.132. The minimum Gasteiger partial charge on any atom is -0.394 e. The van der Waals surface area contributed by atoms with Gasteiger partial charge in [0.05, 0.1) is 18.8 Å². The Labute approximate surface area is 393 Å². The molecule has 63 heavy (non-hydrogen) atoms. The average Bonchev–Trinajstić information content (AvgIpc) is 3.29. The van der Waals surface area contributed by atoms with Crippen LogP contribution in [0.15, 0.2) is 24.3 Å². The quantitative estimate of drug-likeness (QED) is 0.0309. The molecule has 0 aliphatic carbocycles. The van der Waals surface area contributed by atoms with Crippen molar-refractivity contribution < 1.29 is 25.2 Å². The zero-order valence-corrected chi connectivity index (χ0v) is 42.3. The topological polar surface area (TPSA) is 110 Å². The molecule has 0 heterocycles. The average molecular weight is 891 g/mol. The number of aliphatic hydroxyl groups excluding tert-OH is 4. The number of rotatable bonds is 52. The maximum Gasteiger partial charge on any atom is 0.249 e. The standard InChI is InChI=1S/C57H111NO5/c1-3-5-7-9-11-13-15-17-19-21-22-23-24-25-26-27-28-29-30-31-32-33-35-37-39-41-43-45-47-49-51-55(61)57(63)58-53(52-59)56(62)54(60)50-48-46-44-42-40-38-36-34-20-18-16-14-12-10-8-6-4-2/h34,36,42,44,53-56,59-62H,3-33,35,37-41,43,45-52H2,1-2H3,(H,58,63)/b36-34+,44-42+. The van der Waals surface area contributed by atoms with E-state index in [1.807, 2.05) is 0 Å². The third-order valence-electron chi connectivity index (χ3n) is 13.4. The smallest absolute Gasteiger partial charge is 0.249 e. The minimum atomic E-state index is -1.29. The molecule has 0 aromatic heterocycles. The highest BCUT2D eigenvalue weighted by Crippen LogP contribution is 2.18. The highest BCUT2D eigenvalue weighted by molar-refractivity contribution is 5.80. The van der Waals surface area contributed by atoms with E-state index >= 15 is 0 Å². The summed E-state index contributed by atoms with van der Waals surface area (Å²) in [5, 5.41) is 43.9. The van der Waals surface area contributed by atoms with E-state index in [0.29, 0.717) is 19.3 Å². The van der Waals surface area contributed by atoms with Gasteiger partial charge in [-0.15, -0.1) is 0 Å². The number of nitrogens with one attached hydrogen (secondary N) is 1. The van der Waals surface area contributed by atoms with Crippen molar-refractivity contribution in [3.05, 3.63) is 24.3 Å². The molecule has 0 saturated carbocycles. The van der Waals surface area contributed by atoms with E-state index in [1.54, 1.807) is 0 Å². The summed E-state index contributed by atoms with van der Waals surface area (Å²) in [6.45, 7) is 4.06. The largest absolute Gasteiger partial charge is 0.394 e. The molecule has 0 saturated heterocycles. The zero-order valence-electron chi connectivity index (χ0n) is 42.3. The summed E-state index contributed by atoms with van der Waals surface area (Å²) in [5.74, 6) is -0.592. The Morgan fingerprint density at radius 2 is 0.667 bits per heavy atom. The van der Waals surface area contributed by atoms with Gasteiger partial charge in [-0.1, -0.05) is 276 Å². The SMILES string of the molecule is CCCCCCCCCC/C=C/CC/C=C/CCCC(O)C(O)C(CO)NC(=O)C(O)CCCCCCCCCCCCCCCCCCCCCCCCCCCCCCCC. The second kappa shape index (κ2) is 51.8. The minimum absolute atomic E-state index is 0.365. The Morgan fingerprint density at radius 1 is 0.381 bits per heavy atom. The predicted molar refractivity (Wildman–Crippen MR) is 274 cm³/mol. The number of hydrogen-bond acceptors (Lipinski definition) is 5. The van der Waals surface area contributed by atoms with E-state index in [-0.39, 0.29) is 0 Å². The van der Waals surface area contributed by atoms with Crippen LogP contribution in [-0.4, -0.2) is 57.3 Å². The summed E-state index contributed by atoms with van der Waals surface area (Å²) < 4.78 is 0. The van der Waals surface area contributed by atoms with E-state index in [4.69, 9.17) is 0 Å². The van der Waals surface area contributed by atoms with Crippen molar-refractivity contribution in [2.75, 3.05) is 6.61 Å². The maximum atomic E-state index is 12.6. The molecule has 4 unspecified atom stereocenters. The summed E-state index contributed by atoms with van der Waals surface area (Å²) in [6, 6.07) is -1.01. The summed E-state index contributed by atoms with van der Waals surface area (Å²) >= 11 is 0. The molecular formula is C57H111NO5. The molecule has 0 fully saturated rings. The molecule has 6 nitrogen and oxygen atoms in total. The summed E-state index contributed by atoms with van der Waals surface area (Å²) in [5.41, 5.74) is 0. The Hall–Kier alpha value is -1.21. The van der Waals surface area contributed by atoms with Gasteiger partial charge in [-0.2, -0.15) is 0 Å². The second-order valence-corrected chi connectivity index (χ2v) is 19.6. The fourth-order valence-electron chi connectivity index (χ4n) is 8.95. The first-order valence-electron chi connectivity index (χ1n) is 28.2. The van der Waals surface area contributed by atoms with Crippen molar-refractivity contribution in [3.63, 3.8) is 0 Å². The van der Waals surface area contributed by atoms with Crippen molar-refractivity contribution in [1.82, 2.24) is 5.32 Å². The summed E-state index contributed by atoms with van der Waals surface area (Å²) in [4.78, 5) is 12.6. The van der Waals surface area contributed by atoms with Crippen LogP contribution in [0, 0.1) is 0 Å². The first-order chi connectivity index (χ1) is 31.0. The van der Waals surface area contributed by atoms with Crippen LogP contribution in [-0.2, 0) is 4.79 Å². The molecule has 0 bridgehead atoms. The first kappa shape index (κ1) is 61.8. The lowest BCUT2D eigenvalue weighted by Gasteiger charge is -2.27. The molecule has 0 aromatic rings. The molecular weight excluding hydrogens is 779 g/mol.